The van der Waals surface area contributed by atoms with Gasteiger partial charge in [-0.25, -0.2) is 0 Å². The molecular formula is C21H9Cl4N3O4. The van der Waals surface area contributed by atoms with Crippen molar-refractivity contribution in [3.63, 3.8) is 0 Å². The van der Waals surface area contributed by atoms with Gasteiger partial charge in [-0.3, -0.25) is 25.1 Å². The molecule has 11 heteroatoms. The Bertz CT molecular complexity index is 1360. The van der Waals surface area contributed by atoms with Gasteiger partial charge in [0.05, 0.1) is 53.6 Å². The summed E-state index contributed by atoms with van der Waals surface area (Å²) in [5.41, 5.74) is 1.59. The lowest BCUT2D eigenvalue weighted by Crippen LogP contribution is -2.24. The number of nitrogens with one attached hydrogen (secondary N) is 1. The van der Waals surface area contributed by atoms with E-state index in [4.69, 9.17) is 46.4 Å². The highest BCUT2D eigenvalue weighted by Gasteiger charge is 2.41. The van der Waals surface area contributed by atoms with E-state index in [2.05, 4.69) is 10.5 Å². The van der Waals surface area contributed by atoms with Gasteiger partial charge in [0.25, 0.3) is 5.69 Å². The van der Waals surface area contributed by atoms with E-state index in [1.165, 1.54) is 18.3 Å². The maximum atomic E-state index is 13.3. The summed E-state index contributed by atoms with van der Waals surface area (Å²) in [6.07, 6.45) is 1.18. The van der Waals surface area contributed by atoms with E-state index in [0.717, 1.165) is 0 Å². The number of benzene rings is 3. The van der Waals surface area contributed by atoms with Crippen LogP contribution in [0.5, 0.6) is 0 Å². The lowest BCUT2D eigenvalue weighted by Gasteiger charge is -2.21. The molecule has 0 saturated carbocycles. The van der Waals surface area contributed by atoms with Gasteiger partial charge in [-0.1, -0.05) is 64.6 Å². The van der Waals surface area contributed by atoms with Crippen LogP contribution in [0.2, 0.25) is 20.1 Å². The number of carbonyl (C=O) groups is 2. The summed E-state index contributed by atoms with van der Waals surface area (Å²) in [6.45, 7) is 0. The molecule has 32 heavy (non-hydrogen) atoms. The molecule has 0 radical (unpaired) electrons. The maximum absolute atomic E-state index is 13.3. The average molecular weight is 509 g/mol. The van der Waals surface area contributed by atoms with E-state index < -0.39 is 27.7 Å². The van der Waals surface area contributed by atoms with Crippen molar-refractivity contribution >= 4 is 75.6 Å². The Labute approximate surface area is 200 Å². The first kappa shape index (κ1) is 22.2. The van der Waals surface area contributed by atoms with Crippen LogP contribution in [0.15, 0.2) is 47.6 Å². The molecule has 0 amide bonds. The van der Waals surface area contributed by atoms with Crippen LogP contribution >= 0.6 is 46.4 Å². The van der Waals surface area contributed by atoms with Crippen LogP contribution in [0.25, 0.3) is 0 Å². The molecule has 3 aromatic rings. The number of halogens is 4. The van der Waals surface area contributed by atoms with E-state index >= 15 is 0 Å². The predicted octanol–water partition coefficient (Wildman–Crippen LogP) is 6.43. The van der Waals surface area contributed by atoms with Gasteiger partial charge >= 0.3 is 0 Å². The maximum Gasteiger partial charge on any atom is 0.290 e. The van der Waals surface area contributed by atoms with Crippen LogP contribution in [-0.2, 0) is 0 Å². The molecule has 0 heterocycles. The molecular weight excluding hydrogens is 500 g/mol. The summed E-state index contributed by atoms with van der Waals surface area (Å²) in [5.74, 6) is -1.59. The molecule has 7 nitrogen and oxygen atoms in total. The molecule has 4 rings (SSSR count). The number of para-hydroxylation sites is 1. The number of rotatable bonds is 4. The van der Waals surface area contributed by atoms with E-state index in [0.29, 0.717) is 5.69 Å². The molecule has 3 aromatic carbocycles. The Balaban J connectivity index is 1.88. The van der Waals surface area contributed by atoms with Gasteiger partial charge in [-0.2, -0.15) is 5.10 Å². The van der Waals surface area contributed by atoms with Crippen molar-refractivity contribution in [3.8, 4) is 0 Å². The minimum Gasteiger partial charge on any atom is -0.288 e. The van der Waals surface area contributed by atoms with Crippen LogP contribution in [-0.4, -0.2) is 22.7 Å². The first-order chi connectivity index (χ1) is 15.2. The zero-order valence-corrected chi connectivity index (χ0v) is 18.7. The van der Waals surface area contributed by atoms with Gasteiger partial charge in [0.15, 0.2) is 5.78 Å². The normalized spacial score (nSPS) is 12.6. The molecule has 0 bridgehead atoms. The fourth-order valence-electron chi connectivity index (χ4n) is 3.33. The highest BCUT2D eigenvalue weighted by Crippen LogP contribution is 2.46. The molecule has 1 aliphatic rings. The smallest absolute Gasteiger partial charge is 0.288 e. The summed E-state index contributed by atoms with van der Waals surface area (Å²) in [7, 11) is 0. The Morgan fingerprint density at radius 1 is 0.812 bits per heavy atom. The van der Waals surface area contributed by atoms with Crippen LogP contribution in [0.1, 0.15) is 37.4 Å². The molecule has 160 valence electrons. The van der Waals surface area contributed by atoms with Crippen molar-refractivity contribution in [2.24, 2.45) is 5.10 Å². The monoisotopic (exact) mass is 507 g/mol. The van der Waals surface area contributed by atoms with Gasteiger partial charge in [-0.15, -0.1) is 0 Å². The molecule has 1 aliphatic carbocycles. The van der Waals surface area contributed by atoms with Crippen LogP contribution in [0, 0.1) is 10.1 Å². The zero-order chi connectivity index (χ0) is 23.2. The quantitative estimate of drug-likeness (QED) is 0.112. The second-order valence-corrected chi connectivity index (χ2v) is 8.10. The van der Waals surface area contributed by atoms with Gasteiger partial charge in [0.1, 0.15) is 5.56 Å². The Morgan fingerprint density at radius 3 is 2.00 bits per heavy atom. The number of ketones is 2. The topological polar surface area (TPSA) is 102 Å². The molecule has 0 fully saturated rings. The number of hydrogen-bond donors (Lipinski definition) is 1. The number of hydrogen-bond acceptors (Lipinski definition) is 6. The molecule has 1 N–H and O–H groups in total. The fraction of sp³-hybridized carbons (Fsp3) is 0. The second kappa shape index (κ2) is 8.52. The Hall–Kier alpha value is -2.97. The lowest BCUT2D eigenvalue weighted by molar-refractivity contribution is -0.385. The third kappa shape index (κ3) is 3.53. The highest BCUT2D eigenvalue weighted by molar-refractivity contribution is 6.55. The summed E-state index contributed by atoms with van der Waals surface area (Å²) < 4.78 is 0. The number of fused-ring (bicyclic) bond motifs is 2. The number of anilines is 1. The van der Waals surface area contributed by atoms with E-state index in [9.17, 15) is 19.7 Å². The Morgan fingerprint density at radius 2 is 1.41 bits per heavy atom. The first-order valence-electron chi connectivity index (χ1n) is 8.84. The van der Waals surface area contributed by atoms with Gasteiger partial charge in [0.2, 0.25) is 5.78 Å². The largest absolute Gasteiger partial charge is 0.290 e. The van der Waals surface area contributed by atoms with Gasteiger partial charge in [-0.05, 0) is 24.3 Å². The highest BCUT2D eigenvalue weighted by atomic mass is 35.5. The Kier molecular flexibility index (Phi) is 5.92. The zero-order valence-electron chi connectivity index (χ0n) is 15.7. The molecule has 0 aromatic heterocycles. The van der Waals surface area contributed by atoms with Crippen LogP contribution < -0.4 is 5.43 Å². The molecule has 0 saturated heterocycles. The second-order valence-electron chi connectivity index (χ2n) is 6.58. The summed E-state index contributed by atoms with van der Waals surface area (Å²) >= 11 is 24.4. The SMILES string of the molecule is O=C1c2ccc(/C=N/Nc3ccccc3)c([N+](=O)[O-])c2C(=O)c2c(Cl)c(Cl)c(Cl)c(Cl)c21. The first-order valence-corrected chi connectivity index (χ1v) is 10.4. The third-order valence-corrected chi connectivity index (χ3v) is 6.56. The number of nitrogens with zero attached hydrogens (tertiary/aromatic N) is 2. The molecule has 0 aliphatic heterocycles. The third-order valence-electron chi connectivity index (χ3n) is 4.76. The minimum atomic E-state index is -0.863. The molecule has 0 unspecified atom stereocenters. The number of carbonyl (C=O) groups excluding carboxylic acids is 2. The van der Waals surface area contributed by atoms with Crippen molar-refractivity contribution in [3.05, 3.63) is 100 Å². The minimum absolute atomic E-state index is 0.00376. The van der Waals surface area contributed by atoms with Crippen LogP contribution in [0.4, 0.5) is 11.4 Å². The predicted molar refractivity (Wildman–Crippen MR) is 124 cm³/mol. The molecule has 0 spiro atoms. The molecule has 0 atom stereocenters. The van der Waals surface area contributed by atoms with Gasteiger partial charge in [0, 0.05) is 5.56 Å². The van der Waals surface area contributed by atoms with Crippen molar-refractivity contribution in [2.45, 2.75) is 0 Å². The van der Waals surface area contributed by atoms with Crippen LogP contribution in [0.3, 0.4) is 0 Å². The summed E-state index contributed by atoms with van der Waals surface area (Å²) in [5, 5.41) is 14.9. The van der Waals surface area contributed by atoms with Crippen molar-refractivity contribution in [1.82, 2.24) is 0 Å². The summed E-state index contributed by atoms with van der Waals surface area (Å²) in [6, 6.07) is 11.5. The van der Waals surface area contributed by atoms with Gasteiger partial charge < -0.3 is 0 Å². The lowest BCUT2D eigenvalue weighted by atomic mass is 9.82. The van der Waals surface area contributed by atoms with E-state index in [1.807, 2.05) is 6.07 Å². The number of nitro benzene ring substituents is 1. The number of hydrazone groups is 1. The average Bonchev–Trinajstić information content (AvgIpc) is 2.78. The number of nitro groups is 1. The van der Waals surface area contributed by atoms with E-state index in [1.54, 1.807) is 24.3 Å². The fourth-order valence-corrected chi connectivity index (χ4v) is 4.36. The standard InChI is InChI=1S/C21H9Cl4N3O4/c22-15-13-14(16(23)18(25)17(15)24)21(30)12-11(20(13)29)7-6-9(19(12)28(31)32)8-26-27-10-4-2-1-3-5-10/h1-8,27H/b26-8+. The van der Waals surface area contributed by atoms with Crippen molar-refractivity contribution in [2.75, 3.05) is 5.43 Å². The van der Waals surface area contributed by atoms with E-state index in [-0.39, 0.29) is 42.3 Å². The van der Waals surface area contributed by atoms with Crippen molar-refractivity contribution in [1.29, 1.82) is 0 Å². The summed E-state index contributed by atoms with van der Waals surface area (Å²) in [4.78, 5) is 37.6. The van der Waals surface area contributed by atoms with Crippen molar-refractivity contribution < 1.29 is 14.5 Å².